The molecule has 0 spiro atoms. The third-order valence-corrected chi connectivity index (χ3v) is 2.75. The predicted octanol–water partition coefficient (Wildman–Crippen LogP) is 3.30. The van der Waals surface area contributed by atoms with Crippen LogP contribution in [-0.4, -0.2) is 12.3 Å². The van der Waals surface area contributed by atoms with Gasteiger partial charge in [0.05, 0.1) is 0 Å². The van der Waals surface area contributed by atoms with Crippen molar-refractivity contribution in [1.29, 1.82) is 0 Å². The predicted molar refractivity (Wildman–Crippen MR) is 65.1 cm³/mol. The van der Waals surface area contributed by atoms with Crippen molar-refractivity contribution in [2.75, 3.05) is 6.61 Å². The highest BCUT2D eigenvalue weighted by molar-refractivity contribution is 9.10. The summed E-state index contributed by atoms with van der Waals surface area (Å²) in [6.45, 7) is 2.53. The number of allylic oxidation sites excluding steroid dienone is 2. The average Bonchev–Trinajstić information content (AvgIpc) is 2.26. The summed E-state index contributed by atoms with van der Waals surface area (Å²) < 4.78 is 1.07. The summed E-state index contributed by atoms with van der Waals surface area (Å²) in [6.07, 6.45) is 5.08. The van der Waals surface area contributed by atoms with Gasteiger partial charge in [0.2, 0.25) is 0 Å². The van der Waals surface area contributed by atoms with Crippen molar-refractivity contribution in [3.05, 3.63) is 46.0 Å². The molecule has 0 N–H and O–H groups in total. The molecule has 15 heavy (non-hydrogen) atoms. The van der Waals surface area contributed by atoms with E-state index in [0.717, 1.165) is 22.2 Å². The van der Waals surface area contributed by atoms with E-state index in [1.54, 1.807) is 0 Å². The molecule has 1 aliphatic carbocycles. The molecule has 3 heteroatoms. The first kappa shape index (κ1) is 10.4. The number of oxime groups is 1. The SMILES string of the molecule is CCON=C1C=CCc2ccc(Br)cc21. The maximum absolute atomic E-state index is 5.09. The van der Waals surface area contributed by atoms with Crippen LogP contribution in [0.15, 0.2) is 40.0 Å². The molecule has 0 heterocycles. The summed E-state index contributed by atoms with van der Waals surface area (Å²) in [7, 11) is 0. The van der Waals surface area contributed by atoms with Crippen LogP contribution in [0.3, 0.4) is 0 Å². The summed E-state index contributed by atoms with van der Waals surface area (Å²) >= 11 is 3.47. The van der Waals surface area contributed by atoms with Crippen molar-refractivity contribution >= 4 is 21.6 Å². The van der Waals surface area contributed by atoms with E-state index in [1.807, 2.05) is 13.0 Å². The van der Waals surface area contributed by atoms with Gasteiger partial charge in [-0.05, 0) is 37.1 Å². The van der Waals surface area contributed by atoms with Gasteiger partial charge in [-0.1, -0.05) is 33.2 Å². The molecule has 0 fully saturated rings. The van der Waals surface area contributed by atoms with E-state index in [9.17, 15) is 0 Å². The number of halogens is 1. The molecule has 0 aliphatic heterocycles. The third kappa shape index (κ3) is 2.29. The van der Waals surface area contributed by atoms with E-state index in [1.165, 1.54) is 5.56 Å². The van der Waals surface area contributed by atoms with Gasteiger partial charge in [-0.25, -0.2) is 0 Å². The largest absolute Gasteiger partial charge is 0.396 e. The number of nitrogens with zero attached hydrogens (tertiary/aromatic N) is 1. The first-order valence-electron chi connectivity index (χ1n) is 4.96. The van der Waals surface area contributed by atoms with Crippen molar-refractivity contribution < 1.29 is 4.84 Å². The molecule has 0 amide bonds. The second kappa shape index (κ2) is 4.62. The van der Waals surface area contributed by atoms with Crippen LogP contribution in [0.2, 0.25) is 0 Å². The Morgan fingerprint density at radius 2 is 2.33 bits per heavy atom. The van der Waals surface area contributed by atoms with E-state index in [2.05, 4.69) is 45.4 Å². The van der Waals surface area contributed by atoms with Gasteiger partial charge in [0.15, 0.2) is 0 Å². The molecular weight excluding hydrogens is 254 g/mol. The Bertz CT molecular complexity index is 424. The molecule has 78 valence electrons. The first-order valence-corrected chi connectivity index (χ1v) is 5.76. The normalized spacial score (nSPS) is 16.5. The molecular formula is C12H12BrNO. The van der Waals surface area contributed by atoms with Crippen LogP contribution in [-0.2, 0) is 11.3 Å². The quantitative estimate of drug-likeness (QED) is 0.752. The summed E-state index contributed by atoms with van der Waals surface area (Å²) in [4.78, 5) is 5.09. The Hall–Kier alpha value is -1.09. The Labute approximate surface area is 97.8 Å². The molecule has 0 radical (unpaired) electrons. The molecule has 1 aromatic carbocycles. The van der Waals surface area contributed by atoms with Gasteiger partial charge in [-0.3, -0.25) is 0 Å². The van der Waals surface area contributed by atoms with E-state index < -0.39 is 0 Å². The molecule has 2 nitrogen and oxygen atoms in total. The minimum atomic E-state index is 0.598. The van der Waals surface area contributed by atoms with Gasteiger partial charge in [0, 0.05) is 10.0 Å². The van der Waals surface area contributed by atoms with Gasteiger partial charge < -0.3 is 4.84 Å². The highest BCUT2D eigenvalue weighted by Crippen LogP contribution is 2.21. The van der Waals surface area contributed by atoms with Crippen LogP contribution in [0, 0.1) is 0 Å². The summed E-state index contributed by atoms with van der Waals surface area (Å²) in [6, 6.07) is 6.25. The van der Waals surface area contributed by atoms with Crippen molar-refractivity contribution in [2.24, 2.45) is 5.16 Å². The van der Waals surface area contributed by atoms with Crippen molar-refractivity contribution in [3.8, 4) is 0 Å². The molecule has 0 atom stereocenters. The van der Waals surface area contributed by atoms with Crippen molar-refractivity contribution in [3.63, 3.8) is 0 Å². The average molecular weight is 266 g/mol. The lowest BCUT2D eigenvalue weighted by Crippen LogP contribution is -2.07. The third-order valence-electron chi connectivity index (χ3n) is 2.25. The van der Waals surface area contributed by atoms with E-state index in [0.29, 0.717) is 6.61 Å². The molecule has 0 unspecified atom stereocenters. The smallest absolute Gasteiger partial charge is 0.114 e. The van der Waals surface area contributed by atoms with Crippen LogP contribution in [0.25, 0.3) is 0 Å². The number of benzene rings is 1. The van der Waals surface area contributed by atoms with Gasteiger partial charge >= 0.3 is 0 Å². The second-order valence-corrected chi connectivity index (χ2v) is 4.22. The van der Waals surface area contributed by atoms with Crippen LogP contribution < -0.4 is 0 Å². The monoisotopic (exact) mass is 265 g/mol. The Morgan fingerprint density at radius 3 is 3.13 bits per heavy atom. The Morgan fingerprint density at radius 1 is 1.47 bits per heavy atom. The Balaban J connectivity index is 2.40. The Kier molecular flexibility index (Phi) is 3.21. The van der Waals surface area contributed by atoms with Gasteiger partial charge in [0.1, 0.15) is 12.3 Å². The summed E-state index contributed by atoms with van der Waals surface area (Å²) in [5, 5.41) is 4.09. The molecule has 1 aliphatic rings. The van der Waals surface area contributed by atoms with E-state index >= 15 is 0 Å². The zero-order valence-corrected chi connectivity index (χ0v) is 10.1. The maximum Gasteiger partial charge on any atom is 0.114 e. The number of fused-ring (bicyclic) bond motifs is 1. The molecule has 0 bridgehead atoms. The van der Waals surface area contributed by atoms with E-state index in [-0.39, 0.29) is 0 Å². The zero-order valence-electron chi connectivity index (χ0n) is 8.53. The van der Waals surface area contributed by atoms with Crippen LogP contribution >= 0.6 is 15.9 Å². The van der Waals surface area contributed by atoms with Crippen molar-refractivity contribution in [1.82, 2.24) is 0 Å². The van der Waals surface area contributed by atoms with E-state index in [4.69, 9.17) is 4.84 Å². The standard InChI is InChI=1S/C12H12BrNO/c1-2-15-14-12-5-3-4-9-6-7-10(13)8-11(9)12/h3,5-8H,2,4H2,1H3. The highest BCUT2D eigenvalue weighted by Gasteiger charge is 2.11. The molecule has 0 saturated carbocycles. The lowest BCUT2D eigenvalue weighted by molar-refractivity contribution is 0.159. The van der Waals surface area contributed by atoms with Gasteiger partial charge in [-0.15, -0.1) is 0 Å². The van der Waals surface area contributed by atoms with Crippen LogP contribution in [0.1, 0.15) is 18.1 Å². The van der Waals surface area contributed by atoms with Crippen LogP contribution in [0.5, 0.6) is 0 Å². The number of hydrogen-bond acceptors (Lipinski definition) is 2. The molecule has 1 aromatic rings. The molecule has 0 saturated heterocycles. The number of rotatable bonds is 2. The van der Waals surface area contributed by atoms with Gasteiger partial charge in [0.25, 0.3) is 0 Å². The fourth-order valence-electron chi connectivity index (χ4n) is 1.57. The summed E-state index contributed by atoms with van der Waals surface area (Å²) in [5.74, 6) is 0. The lowest BCUT2D eigenvalue weighted by Gasteiger charge is -2.12. The molecule has 2 rings (SSSR count). The fourth-order valence-corrected chi connectivity index (χ4v) is 1.93. The van der Waals surface area contributed by atoms with Gasteiger partial charge in [-0.2, -0.15) is 0 Å². The lowest BCUT2D eigenvalue weighted by atomic mass is 9.96. The van der Waals surface area contributed by atoms with Crippen molar-refractivity contribution in [2.45, 2.75) is 13.3 Å². The number of hydrogen-bond donors (Lipinski definition) is 0. The minimum Gasteiger partial charge on any atom is -0.396 e. The second-order valence-electron chi connectivity index (χ2n) is 3.30. The van der Waals surface area contributed by atoms with Crippen LogP contribution in [0.4, 0.5) is 0 Å². The first-order chi connectivity index (χ1) is 7.31. The fraction of sp³-hybridized carbons (Fsp3) is 0.250. The summed E-state index contributed by atoms with van der Waals surface area (Å²) in [5.41, 5.74) is 3.35. The zero-order chi connectivity index (χ0) is 10.7. The maximum atomic E-state index is 5.09. The topological polar surface area (TPSA) is 21.6 Å². The highest BCUT2D eigenvalue weighted by atomic mass is 79.9. The molecule has 0 aromatic heterocycles. The minimum absolute atomic E-state index is 0.598.